The van der Waals surface area contributed by atoms with Crippen LogP contribution in [0.5, 0.6) is 5.75 Å². The lowest BCUT2D eigenvalue weighted by Gasteiger charge is -2.23. The first-order valence-corrected chi connectivity index (χ1v) is 7.54. The largest absolute Gasteiger partial charge is 0.485 e. The molecule has 0 fully saturated rings. The summed E-state index contributed by atoms with van der Waals surface area (Å²) in [5.74, 6) is 0.570. The molecule has 3 nitrogen and oxygen atoms in total. The molecule has 2 rings (SSSR count). The second-order valence-electron chi connectivity index (χ2n) is 6.10. The first-order chi connectivity index (χ1) is 10.4. The maximum atomic E-state index is 12.2. The molecule has 0 heterocycles. The molecule has 116 valence electrons. The number of nitrogens with two attached hydrogens (primary N) is 1. The first-order valence-electron chi connectivity index (χ1n) is 7.54. The Balaban J connectivity index is 2.01. The SMILES string of the molecule is CCC(C)(C)c1ccc(C(=O)COc2cccc(N)c2)cc1. The topological polar surface area (TPSA) is 52.3 Å². The highest BCUT2D eigenvalue weighted by molar-refractivity contribution is 5.97. The molecule has 0 spiro atoms. The zero-order chi connectivity index (χ0) is 16.2. The van der Waals surface area contributed by atoms with Gasteiger partial charge in [-0.25, -0.2) is 0 Å². The van der Waals surface area contributed by atoms with E-state index in [2.05, 4.69) is 20.8 Å². The third-order valence-corrected chi connectivity index (χ3v) is 4.10. The number of hydrogen-bond acceptors (Lipinski definition) is 3. The fraction of sp³-hybridized carbons (Fsp3) is 0.316. The van der Waals surface area contributed by atoms with Gasteiger partial charge >= 0.3 is 0 Å². The van der Waals surface area contributed by atoms with Crippen molar-refractivity contribution in [2.75, 3.05) is 12.3 Å². The Morgan fingerprint density at radius 1 is 1.14 bits per heavy atom. The van der Waals surface area contributed by atoms with Crippen molar-refractivity contribution in [3.8, 4) is 5.75 Å². The number of carbonyl (C=O) groups excluding carboxylic acids is 1. The van der Waals surface area contributed by atoms with Crippen LogP contribution < -0.4 is 10.5 Å². The van der Waals surface area contributed by atoms with Crippen LogP contribution >= 0.6 is 0 Å². The third-order valence-electron chi connectivity index (χ3n) is 4.10. The van der Waals surface area contributed by atoms with E-state index in [1.165, 1.54) is 5.56 Å². The van der Waals surface area contributed by atoms with E-state index in [1.807, 2.05) is 24.3 Å². The molecule has 0 aliphatic rings. The number of nitrogen functional groups attached to an aromatic ring is 1. The van der Waals surface area contributed by atoms with Crippen LogP contribution in [0.15, 0.2) is 48.5 Å². The van der Waals surface area contributed by atoms with Crippen molar-refractivity contribution in [3.05, 3.63) is 59.7 Å². The Morgan fingerprint density at radius 3 is 2.41 bits per heavy atom. The summed E-state index contributed by atoms with van der Waals surface area (Å²) in [5.41, 5.74) is 8.33. The molecule has 0 aliphatic heterocycles. The summed E-state index contributed by atoms with van der Waals surface area (Å²) in [4.78, 5) is 12.2. The minimum atomic E-state index is -0.0386. The average Bonchev–Trinajstić information content (AvgIpc) is 2.53. The van der Waals surface area contributed by atoms with Crippen molar-refractivity contribution in [1.29, 1.82) is 0 Å². The van der Waals surface area contributed by atoms with Crippen molar-refractivity contribution < 1.29 is 9.53 Å². The summed E-state index contributed by atoms with van der Waals surface area (Å²) in [7, 11) is 0. The zero-order valence-corrected chi connectivity index (χ0v) is 13.4. The van der Waals surface area contributed by atoms with E-state index in [0.717, 1.165) is 6.42 Å². The summed E-state index contributed by atoms with van der Waals surface area (Å²) in [6.07, 6.45) is 1.05. The summed E-state index contributed by atoms with van der Waals surface area (Å²) < 4.78 is 5.49. The van der Waals surface area contributed by atoms with Gasteiger partial charge in [0.05, 0.1) is 0 Å². The summed E-state index contributed by atoms with van der Waals surface area (Å²) in [6, 6.07) is 14.9. The minimum absolute atomic E-state index is 0.0139. The molecule has 0 bridgehead atoms. The van der Waals surface area contributed by atoms with Crippen LogP contribution in [0.4, 0.5) is 5.69 Å². The van der Waals surface area contributed by atoms with Crippen LogP contribution in [0.1, 0.15) is 43.1 Å². The van der Waals surface area contributed by atoms with Gasteiger partial charge in [0.15, 0.2) is 12.4 Å². The monoisotopic (exact) mass is 297 g/mol. The van der Waals surface area contributed by atoms with Crippen LogP contribution in [-0.4, -0.2) is 12.4 Å². The number of carbonyl (C=O) groups is 1. The van der Waals surface area contributed by atoms with Gasteiger partial charge in [-0.15, -0.1) is 0 Å². The van der Waals surface area contributed by atoms with E-state index in [9.17, 15) is 4.79 Å². The molecular weight excluding hydrogens is 274 g/mol. The van der Waals surface area contributed by atoms with Gasteiger partial charge in [0, 0.05) is 17.3 Å². The summed E-state index contributed by atoms with van der Waals surface area (Å²) in [5, 5.41) is 0. The standard InChI is InChI=1S/C19H23NO2/c1-4-19(2,3)15-10-8-14(9-11-15)18(21)13-22-17-7-5-6-16(20)12-17/h5-12H,4,13,20H2,1-3H3. The molecule has 2 N–H and O–H groups in total. The van der Waals surface area contributed by atoms with Gasteiger partial charge in [-0.3, -0.25) is 4.79 Å². The smallest absolute Gasteiger partial charge is 0.200 e. The van der Waals surface area contributed by atoms with Crippen LogP contribution in [-0.2, 0) is 5.41 Å². The maximum Gasteiger partial charge on any atom is 0.200 e. The highest BCUT2D eigenvalue weighted by atomic mass is 16.5. The molecule has 22 heavy (non-hydrogen) atoms. The number of rotatable bonds is 6. The highest BCUT2D eigenvalue weighted by Crippen LogP contribution is 2.26. The van der Waals surface area contributed by atoms with Crippen molar-refractivity contribution in [2.45, 2.75) is 32.6 Å². The lowest BCUT2D eigenvalue weighted by atomic mass is 9.82. The molecule has 0 saturated heterocycles. The molecule has 0 atom stereocenters. The second-order valence-corrected chi connectivity index (χ2v) is 6.10. The Kier molecular flexibility index (Phi) is 4.86. The van der Waals surface area contributed by atoms with E-state index in [-0.39, 0.29) is 17.8 Å². The predicted octanol–water partition coefficient (Wildman–Crippen LogP) is 4.22. The zero-order valence-electron chi connectivity index (χ0n) is 13.4. The quantitative estimate of drug-likeness (QED) is 0.641. The molecule has 0 unspecified atom stereocenters. The predicted molar refractivity (Wildman–Crippen MR) is 90.4 cm³/mol. The highest BCUT2D eigenvalue weighted by Gasteiger charge is 2.18. The Bertz CT molecular complexity index is 645. The number of benzene rings is 2. The van der Waals surface area contributed by atoms with E-state index < -0.39 is 0 Å². The normalized spacial score (nSPS) is 11.2. The fourth-order valence-corrected chi connectivity index (χ4v) is 2.15. The van der Waals surface area contributed by atoms with Gasteiger partial charge in [0.25, 0.3) is 0 Å². The molecule has 2 aromatic carbocycles. The lowest BCUT2D eigenvalue weighted by molar-refractivity contribution is 0.0921. The molecule has 0 saturated carbocycles. The first kappa shape index (κ1) is 16.1. The van der Waals surface area contributed by atoms with E-state index in [4.69, 9.17) is 10.5 Å². The fourth-order valence-electron chi connectivity index (χ4n) is 2.15. The number of ketones is 1. The van der Waals surface area contributed by atoms with Gasteiger partial charge in [-0.1, -0.05) is 51.1 Å². The van der Waals surface area contributed by atoms with E-state index in [0.29, 0.717) is 17.0 Å². The molecule has 3 heteroatoms. The maximum absolute atomic E-state index is 12.2. The summed E-state index contributed by atoms with van der Waals surface area (Å²) in [6.45, 7) is 6.58. The molecular formula is C19H23NO2. The third kappa shape index (κ3) is 3.88. The van der Waals surface area contributed by atoms with Gasteiger partial charge in [-0.2, -0.15) is 0 Å². The Hall–Kier alpha value is -2.29. The molecule has 0 aliphatic carbocycles. The van der Waals surface area contributed by atoms with Crippen LogP contribution in [0.3, 0.4) is 0 Å². The average molecular weight is 297 g/mol. The molecule has 2 aromatic rings. The number of Topliss-reactive ketones (excluding diaryl/α,β-unsaturated/α-hetero) is 1. The minimum Gasteiger partial charge on any atom is -0.485 e. The van der Waals surface area contributed by atoms with Crippen molar-refractivity contribution in [3.63, 3.8) is 0 Å². The lowest BCUT2D eigenvalue weighted by Crippen LogP contribution is -2.16. The van der Waals surface area contributed by atoms with Crippen LogP contribution in [0.25, 0.3) is 0 Å². The number of hydrogen-bond donors (Lipinski definition) is 1. The Labute approximate surface area is 132 Å². The number of anilines is 1. The van der Waals surface area contributed by atoms with E-state index >= 15 is 0 Å². The van der Waals surface area contributed by atoms with Gasteiger partial charge in [0.1, 0.15) is 5.75 Å². The van der Waals surface area contributed by atoms with Crippen molar-refractivity contribution >= 4 is 11.5 Å². The van der Waals surface area contributed by atoms with Crippen molar-refractivity contribution in [2.24, 2.45) is 0 Å². The van der Waals surface area contributed by atoms with Gasteiger partial charge in [-0.05, 0) is 29.5 Å². The van der Waals surface area contributed by atoms with Crippen LogP contribution in [0.2, 0.25) is 0 Å². The van der Waals surface area contributed by atoms with E-state index in [1.54, 1.807) is 24.3 Å². The van der Waals surface area contributed by atoms with Gasteiger partial charge < -0.3 is 10.5 Å². The molecule has 0 aromatic heterocycles. The second kappa shape index (κ2) is 6.65. The Morgan fingerprint density at radius 2 is 1.82 bits per heavy atom. The summed E-state index contributed by atoms with van der Waals surface area (Å²) >= 11 is 0. The van der Waals surface area contributed by atoms with Gasteiger partial charge in [0.2, 0.25) is 0 Å². The molecule has 0 amide bonds. The number of ether oxygens (including phenoxy) is 1. The molecule has 0 radical (unpaired) electrons. The van der Waals surface area contributed by atoms with Crippen LogP contribution in [0, 0.1) is 0 Å². The van der Waals surface area contributed by atoms with Crippen molar-refractivity contribution in [1.82, 2.24) is 0 Å².